The average molecular weight is 788 g/mol. The lowest BCUT2D eigenvalue weighted by molar-refractivity contribution is -0.158. The SMILES string of the molecule is CC(C)(C)OC(=O)COc1ccc([S+](c2ccc(OCC(=O)OC(C)(C)C)cc2)c2ccc(OCc3ccncc3)cc2)cc1.O=S(=O)([O-])c1ccccc1. The Morgan fingerprint density at radius 1 is 0.582 bits per heavy atom. The predicted molar refractivity (Wildman–Crippen MR) is 207 cm³/mol. The highest BCUT2D eigenvalue weighted by Gasteiger charge is 2.29. The maximum atomic E-state index is 12.1. The molecule has 0 aliphatic rings. The van der Waals surface area contributed by atoms with Crippen LogP contribution in [0.2, 0.25) is 0 Å². The van der Waals surface area contributed by atoms with Gasteiger partial charge in [0.05, 0.1) is 15.8 Å². The van der Waals surface area contributed by atoms with Gasteiger partial charge in [-0.1, -0.05) is 18.2 Å². The topological polar surface area (TPSA) is 150 Å². The molecule has 5 rings (SSSR count). The molecule has 55 heavy (non-hydrogen) atoms. The fraction of sp³-hybridized carbons (Fsp3) is 0.262. The van der Waals surface area contributed by atoms with Gasteiger partial charge in [-0.25, -0.2) is 18.0 Å². The van der Waals surface area contributed by atoms with E-state index in [2.05, 4.69) is 17.1 Å². The van der Waals surface area contributed by atoms with E-state index in [1.807, 2.05) is 114 Å². The molecule has 0 atom stereocenters. The number of benzene rings is 4. The quantitative estimate of drug-likeness (QED) is 0.0654. The molecule has 0 radical (unpaired) electrons. The molecule has 0 amide bonds. The van der Waals surface area contributed by atoms with E-state index in [4.69, 9.17) is 23.7 Å². The molecule has 0 N–H and O–H groups in total. The van der Waals surface area contributed by atoms with E-state index in [1.54, 1.807) is 18.5 Å². The first-order chi connectivity index (χ1) is 25.9. The van der Waals surface area contributed by atoms with Crippen LogP contribution in [0, 0.1) is 0 Å². The first kappa shape index (κ1) is 42.4. The summed E-state index contributed by atoms with van der Waals surface area (Å²) >= 11 is 0. The van der Waals surface area contributed by atoms with Gasteiger partial charge >= 0.3 is 11.9 Å². The number of rotatable bonds is 13. The van der Waals surface area contributed by atoms with E-state index in [0.29, 0.717) is 18.1 Å². The van der Waals surface area contributed by atoms with Gasteiger partial charge in [0, 0.05) is 12.4 Å². The van der Waals surface area contributed by atoms with Crippen LogP contribution in [0.1, 0.15) is 47.1 Å². The molecule has 1 aromatic heterocycles. The number of nitrogens with zero attached hydrogens (tertiary/aromatic N) is 1. The van der Waals surface area contributed by atoms with Crippen LogP contribution >= 0.6 is 0 Å². The number of hydrogen-bond donors (Lipinski definition) is 0. The van der Waals surface area contributed by atoms with Crippen molar-refractivity contribution >= 4 is 33.0 Å². The third-order valence-electron chi connectivity index (χ3n) is 6.92. The fourth-order valence-electron chi connectivity index (χ4n) is 4.68. The lowest BCUT2D eigenvalue weighted by Crippen LogP contribution is -2.27. The third kappa shape index (κ3) is 15.1. The van der Waals surface area contributed by atoms with Crippen LogP contribution in [-0.4, -0.2) is 54.3 Å². The van der Waals surface area contributed by atoms with Crippen molar-refractivity contribution in [2.75, 3.05) is 13.2 Å². The Labute approximate surface area is 325 Å². The van der Waals surface area contributed by atoms with Gasteiger partial charge in [-0.05, 0) is 144 Å². The van der Waals surface area contributed by atoms with Crippen LogP contribution in [0.3, 0.4) is 0 Å². The van der Waals surface area contributed by atoms with Crippen LogP contribution < -0.4 is 14.2 Å². The van der Waals surface area contributed by atoms with Crippen molar-refractivity contribution in [2.45, 2.75) is 78.9 Å². The zero-order valence-electron chi connectivity index (χ0n) is 31.6. The minimum atomic E-state index is -4.25. The highest BCUT2D eigenvalue weighted by molar-refractivity contribution is 7.97. The van der Waals surface area contributed by atoms with Crippen LogP contribution in [0.5, 0.6) is 17.2 Å². The predicted octanol–water partition coefficient (Wildman–Crippen LogP) is 7.79. The summed E-state index contributed by atoms with van der Waals surface area (Å²) in [5.74, 6) is 1.05. The Hall–Kier alpha value is -5.37. The average Bonchev–Trinajstić information content (AvgIpc) is 3.13. The Balaban J connectivity index is 0.000000583. The Morgan fingerprint density at radius 3 is 1.31 bits per heavy atom. The molecular weight excluding hydrogens is 743 g/mol. The number of pyridine rings is 1. The summed E-state index contributed by atoms with van der Waals surface area (Å²) in [5, 5.41) is 0. The maximum Gasteiger partial charge on any atom is 0.344 e. The van der Waals surface area contributed by atoms with Crippen molar-refractivity contribution in [1.82, 2.24) is 4.98 Å². The van der Waals surface area contributed by atoms with Crippen LogP contribution in [0.4, 0.5) is 0 Å². The summed E-state index contributed by atoms with van der Waals surface area (Å²) in [6.07, 6.45) is 3.49. The number of carbonyl (C=O) groups is 2. The zero-order valence-corrected chi connectivity index (χ0v) is 33.2. The smallest absolute Gasteiger partial charge is 0.344 e. The summed E-state index contributed by atoms with van der Waals surface area (Å²) in [6, 6.07) is 34.5. The van der Waals surface area contributed by atoms with Gasteiger partial charge in [0.1, 0.15) is 45.2 Å². The minimum Gasteiger partial charge on any atom is -0.744 e. The number of hydrogen-bond acceptors (Lipinski definition) is 11. The Bertz CT molecular complexity index is 1990. The molecule has 4 aromatic carbocycles. The van der Waals surface area contributed by atoms with Crippen molar-refractivity contribution < 1.29 is 46.2 Å². The Kier molecular flexibility index (Phi) is 14.9. The van der Waals surface area contributed by atoms with Crippen LogP contribution in [0.15, 0.2) is 147 Å². The van der Waals surface area contributed by atoms with Gasteiger partial charge in [-0.2, -0.15) is 0 Å². The van der Waals surface area contributed by atoms with Crippen LogP contribution in [-0.2, 0) is 46.7 Å². The number of aromatic nitrogens is 1. The summed E-state index contributed by atoms with van der Waals surface area (Å²) in [6.45, 7) is 11.0. The third-order valence-corrected chi connectivity index (χ3v) is 10.00. The first-order valence-electron chi connectivity index (χ1n) is 17.2. The van der Waals surface area contributed by atoms with Gasteiger partial charge in [0.25, 0.3) is 0 Å². The fourth-order valence-corrected chi connectivity index (χ4v) is 7.22. The van der Waals surface area contributed by atoms with Crippen molar-refractivity contribution in [3.8, 4) is 17.2 Å². The molecule has 11 nitrogen and oxygen atoms in total. The van der Waals surface area contributed by atoms with Crippen molar-refractivity contribution in [1.29, 1.82) is 0 Å². The van der Waals surface area contributed by atoms with E-state index < -0.39 is 44.2 Å². The molecular formula is C42H45NO10S2. The molecule has 5 aromatic rings. The highest BCUT2D eigenvalue weighted by Crippen LogP contribution is 2.34. The van der Waals surface area contributed by atoms with E-state index >= 15 is 0 Å². The van der Waals surface area contributed by atoms with E-state index in [-0.39, 0.29) is 18.1 Å². The second-order valence-electron chi connectivity index (χ2n) is 13.9. The van der Waals surface area contributed by atoms with Gasteiger partial charge in [0.2, 0.25) is 0 Å². The molecule has 0 saturated heterocycles. The summed E-state index contributed by atoms with van der Waals surface area (Å²) < 4.78 is 58.9. The van der Waals surface area contributed by atoms with E-state index in [1.165, 1.54) is 24.3 Å². The largest absolute Gasteiger partial charge is 0.744 e. The first-order valence-corrected chi connectivity index (χ1v) is 19.8. The number of ether oxygens (including phenoxy) is 5. The molecule has 1 heterocycles. The van der Waals surface area contributed by atoms with Gasteiger partial charge in [0.15, 0.2) is 27.9 Å². The van der Waals surface area contributed by atoms with Gasteiger partial charge in [-0.3, -0.25) is 4.98 Å². The van der Waals surface area contributed by atoms with Crippen molar-refractivity contribution in [3.63, 3.8) is 0 Å². The van der Waals surface area contributed by atoms with Gasteiger partial charge in [-0.15, -0.1) is 0 Å². The lowest BCUT2D eigenvalue weighted by Gasteiger charge is -2.19. The highest BCUT2D eigenvalue weighted by atomic mass is 32.2. The molecule has 0 aliphatic carbocycles. The Morgan fingerprint density at radius 2 is 0.964 bits per heavy atom. The molecule has 0 saturated carbocycles. The van der Waals surface area contributed by atoms with Crippen LogP contribution in [0.25, 0.3) is 0 Å². The van der Waals surface area contributed by atoms with E-state index in [0.717, 1.165) is 26.0 Å². The molecule has 0 unspecified atom stereocenters. The molecule has 0 spiro atoms. The standard InChI is InChI=1S/C36H40NO7S.C6H6O3S/c1-35(2,3)43-33(38)24-41-28-9-15-31(16-10-28)45(30-13-7-27(8-14-30)40-23-26-19-21-37-22-20-26)32-17-11-29(12-18-32)42-25-34(39)44-36(4,5)6;7-10(8,9)6-4-2-1-3-5-6/h7-22H,23-25H2,1-6H3;1-5H,(H,7,8,9)/q+1;/p-1. The summed E-state index contributed by atoms with van der Waals surface area (Å²) in [5.41, 5.74) is -0.111. The molecule has 290 valence electrons. The lowest BCUT2D eigenvalue weighted by atomic mass is 10.2. The number of esters is 2. The molecule has 0 aliphatic heterocycles. The summed E-state index contributed by atoms with van der Waals surface area (Å²) in [7, 11) is -4.74. The monoisotopic (exact) mass is 787 g/mol. The number of carbonyl (C=O) groups excluding carboxylic acids is 2. The maximum absolute atomic E-state index is 12.1. The molecule has 0 bridgehead atoms. The molecule has 13 heteroatoms. The second-order valence-corrected chi connectivity index (χ2v) is 17.3. The normalized spacial score (nSPS) is 11.5. The zero-order chi connectivity index (χ0) is 40.1. The summed E-state index contributed by atoms with van der Waals surface area (Å²) in [4.78, 5) is 31.3. The minimum absolute atomic E-state index is 0.173. The van der Waals surface area contributed by atoms with Gasteiger partial charge < -0.3 is 28.2 Å². The van der Waals surface area contributed by atoms with Crippen molar-refractivity contribution in [2.24, 2.45) is 0 Å². The van der Waals surface area contributed by atoms with Crippen molar-refractivity contribution in [3.05, 3.63) is 133 Å². The second kappa shape index (κ2) is 19.3. The molecule has 0 fully saturated rings. The van der Waals surface area contributed by atoms with E-state index in [9.17, 15) is 22.6 Å².